The first-order valence-corrected chi connectivity index (χ1v) is 11.8. The van der Waals surface area contributed by atoms with Gasteiger partial charge in [0.2, 0.25) is 5.91 Å². The first kappa shape index (κ1) is 26.7. The molecule has 0 saturated heterocycles. The summed E-state index contributed by atoms with van der Waals surface area (Å²) in [5.74, 6) is -1.38. The third-order valence-corrected chi connectivity index (χ3v) is 5.61. The summed E-state index contributed by atoms with van der Waals surface area (Å²) in [5, 5.41) is 24.6. The molecule has 0 aliphatic heterocycles. The van der Waals surface area contributed by atoms with E-state index in [1.54, 1.807) is 54.6 Å². The molecule has 4 N–H and O–H groups in total. The van der Waals surface area contributed by atoms with E-state index in [2.05, 4.69) is 10.6 Å². The van der Waals surface area contributed by atoms with Crippen LogP contribution in [0, 0.1) is 0 Å². The summed E-state index contributed by atoms with van der Waals surface area (Å²) in [6.45, 7) is -0.265. The summed E-state index contributed by atoms with van der Waals surface area (Å²) in [7, 11) is 0. The average molecular weight is 511 g/mol. The van der Waals surface area contributed by atoms with Crippen LogP contribution in [0.3, 0.4) is 0 Å². The topological polar surface area (TPSA) is 125 Å². The van der Waals surface area contributed by atoms with Gasteiger partial charge in [-0.2, -0.15) is 0 Å². The van der Waals surface area contributed by atoms with Gasteiger partial charge in [0, 0.05) is 18.0 Å². The number of aryl methyl sites for hydroxylation is 1. The summed E-state index contributed by atoms with van der Waals surface area (Å²) in [6.07, 6.45) is 0.767. The monoisotopic (exact) mass is 510 g/mol. The molecule has 8 nitrogen and oxygen atoms in total. The Morgan fingerprint density at radius 1 is 0.889 bits per heavy atom. The van der Waals surface area contributed by atoms with Gasteiger partial charge in [-0.15, -0.1) is 0 Å². The molecule has 1 atom stereocenters. The molecule has 0 fully saturated rings. The maximum Gasteiger partial charge on any atom is 0.303 e. The third kappa shape index (κ3) is 7.83. The predicted octanol–water partition coefficient (Wildman–Crippen LogP) is 3.60. The summed E-state index contributed by atoms with van der Waals surface area (Å²) in [4.78, 5) is 36.5. The van der Waals surface area contributed by atoms with Gasteiger partial charge in [0.25, 0.3) is 5.91 Å². The Balaban J connectivity index is 1.64. The Hall–Kier alpha value is -3.88. The van der Waals surface area contributed by atoms with Crippen molar-refractivity contribution < 1.29 is 29.3 Å². The van der Waals surface area contributed by atoms with Crippen molar-refractivity contribution in [3.8, 4) is 11.5 Å². The lowest BCUT2D eigenvalue weighted by Crippen LogP contribution is -2.49. The summed E-state index contributed by atoms with van der Waals surface area (Å²) < 4.78 is 5.97. The highest BCUT2D eigenvalue weighted by Crippen LogP contribution is 2.29. The Morgan fingerprint density at radius 3 is 2.25 bits per heavy atom. The number of carboxylic acid groups (broad SMARTS) is 1. The van der Waals surface area contributed by atoms with E-state index in [9.17, 15) is 19.5 Å². The van der Waals surface area contributed by atoms with Crippen LogP contribution in [-0.4, -0.2) is 47.2 Å². The van der Waals surface area contributed by atoms with Crippen molar-refractivity contribution in [2.75, 3.05) is 13.2 Å². The summed E-state index contributed by atoms with van der Waals surface area (Å²) >= 11 is 5.88. The fourth-order valence-electron chi connectivity index (χ4n) is 3.45. The SMILES string of the molecule is O=C(O)CCc1ccccc1Oc1ccccc1C(=O)NC(CO)C(=O)NCCc1ccc(Cl)cc1. The minimum absolute atomic E-state index is 0.0617. The van der Waals surface area contributed by atoms with E-state index in [-0.39, 0.29) is 24.2 Å². The van der Waals surface area contributed by atoms with E-state index in [0.29, 0.717) is 29.3 Å². The number of nitrogens with one attached hydrogen (secondary N) is 2. The summed E-state index contributed by atoms with van der Waals surface area (Å²) in [6, 6.07) is 19.6. The number of carbonyl (C=O) groups is 3. The van der Waals surface area contributed by atoms with Gasteiger partial charge >= 0.3 is 5.97 Å². The standard InChI is InChI=1S/C27H27ClN2O6/c28-20-12-9-18(10-13-20)15-16-29-27(35)22(17-31)30-26(34)21-6-2-4-8-24(21)36-23-7-3-1-5-19(23)11-14-25(32)33/h1-10,12-13,22,31H,11,14-17H2,(H,29,35)(H,30,34)(H,32,33). The molecule has 0 heterocycles. The molecule has 1 unspecified atom stereocenters. The molecule has 188 valence electrons. The number of amides is 2. The fourth-order valence-corrected chi connectivity index (χ4v) is 3.57. The maximum absolute atomic E-state index is 13.0. The quantitative estimate of drug-likeness (QED) is 0.295. The molecule has 3 rings (SSSR count). The zero-order valence-electron chi connectivity index (χ0n) is 19.4. The Kier molecular flexibility index (Phi) is 9.85. The molecular formula is C27H27ClN2O6. The second-order valence-electron chi connectivity index (χ2n) is 7.98. The van der Waals surface area contributed by atoms with E-state index < -0.39 is 30.4 Å². The molecule has 9 heteroatoms. The minimum Gasteiger partial charge on any atom is -0.481 e. The smallest absolute Gasteiger partial charge is 0.303 e. The number of para-hydroxylation sites is 2. The molecule has 0 aliphatic rings. The molecule has 3 aromatic carbocycles. The highest BCUT2D eigenvalue weighted by atomic mass is 35.5. The van der Waals surface area contributed by atoms with Crippen LogP contribution < -0.4 is 15.4 Å². The van der Waals surface area contributed by atoms with Crippen LogP contribution in [0.4, 0.5) is 0 Å². The van der Waals surface area contributed by atoms with Crippen molar-refractivity contribution in [1.29, 1.82) is 0 Å². The number of aliphatic hydroxyl groups excluding tert-OH is 1. The van der Waals surface area contributed by atoms with Crippen LogP contribution in [0.1, 0.15) is 27.9 Å². The van der Waals surface area contributed by atoms with Gasteiger partial charge in [-0.3, -0.25) is 14.4 Å². The van der Waals surface area contributed by atoms with E-state index in [4.69, 9.17) is 21.4 Å². The van der Waals surface area contributed by atoms with E-state index in [0.717, 1.165) is 5.56 Å². The van der Waals surface area contributed by atoms with Gasteiger partial charge in [-0.1, -0.05) is 54.1 Å². The van der Waals surface area contributed by atoms with Crippen molar-refractivity contribution in [2.24, 2.45) is 0 Å². The number of carboxylic acids is 1. The first-order valence-electron chi connectivity index (χ1n) is 11.4. The molecular weight excluding hydrogens is 484 g/mol. The summed E-state index contributed by atoms with van der Waals surface area (Å²) in [5.41, 5.74) is 1.83. The van der Waals surface area contributed by atoms with Gasteiger partial charge in [-0.05, 0) is 54.3 Å². The maximum atomic E-state index is 13.0. The second-order valence-corrected chi connectivity index (χ2v) is 8.41. The highest BCUT2D eigenvalue weighted by molar-refractivity contribution is 6.30. The average Bonchev–Trinajstić information content (AvgIpc) is 2.88. The van der Waals surface area contributed by atoms with Gasteiger partial charge < -0.3 is 25.6 Å². The largest absolute Gasteiger partial charge is 0.481 e. The van der Waals surface area contributed by atoms with Gasteiger partial charge in [0.1, 0.15) is 17.5 Å². The Labute approximate surface area is 213 Å². The van der Waals surface area contributed by atoms with Gasteiger partial charge in [-0.25, -0.2) is 0 Å². The fraction of sp³-hybridized carbons (Fsp3) is 0.222. The molecule has 0 aliphatic carbocycles. The Bertz CT molecular complexity index is 1200. The molecule has 0 aromatic heterocycles. The molecule has 0 bridgehead atoms. The molecule has 36 heavy (non-hydrogen) atoms. The zero-order valence-corrected chi connectivity index (χ0v) is 20.2. The number of benzene rings is 3. The van der Waals surface area contributed by atoms with Crippen LogP contribution in [-0.2, 0) is 22.4 Å². The number of halogens is 1. The Morgan fingerprint density at radius 2 is 1.56 bits per heavy atom. The van der Waals surface area contributed by atoms with E-state index in [1.165, 1.54) is 6.07 Å². The minimum atomic E-state index is -1.15. The number of hydrogen-bond donors (Lipinski definition) is 4. The van der Waals surface area contributed by atoms with Crippen molar-refractivity contribution in [2.45, 2.75) is 25.3 Å². The number of rotatable bonds is 12. The van der Waals surface area contributed by atoms with Crippen LogP contribution in [0.5, 0.6) is 11.5 Å². The number of hydrogen-bond acceptors (Lipinski definition) is 5. The second kappa shape index (κ2) is 13.3. The van der Waals surface area contributed by atoms with Crippen LogP contribution >= 0.6 is 11.6 Å². The molecule has 0 saturated carbocycles. The van der Waals surface area contributed by atoms with Crippen LogP contribution in [0.2, 0.25) is 5.02 Å². The van der Waals surface area contributed by atoms with E-state index >= 15 is 0 Å². The first-order chi connectivity index (χ1) is 17.4. The lowest BCUT2D eigenvalue weighted by Gasteiger charge is -2.18. The predicted molar refractivity (Wildman–Crippen MR) is 135 cm³/mol. The van der Waals surface area contributed by atoms with Crippen LogP contribution in [0.25, 0.3) is 0 Å². The van der Waals surface area contributed by atoms with Crippen molar-refractivity contribution in [1.82, 2.24) is 10.6 Å². The number of carbonyl (C=O) groups excluding carboxylic acids is 2. The molecule has 0 radical (unpaired) electrons. The van der Waals surface area contributed by atoms with Crippen molar-refractivity contribution >= 4 is 29.4 Å². The van der Waals surface area contributed by atoms with Crippen molar-refractivity contribution in [3.63, 3.8) is 0 Å². The number of aliphatic hydroxyl groups is 1. The van der Waals surface area contributed by atoms with Crippen molar-refractivity contribution in [3.05, 3.63) is 94.5 Å². The van der Waals surface area contributed by atoms with Crippen LogP contribution in [0.15, 0.2) is 72.8 Å². The highest BCUT2D eigenvalue weighted by Gasteiger charge is 2.22. The number of ether oxygens (including phenoxy) is 1. The normalized spacial score (nSPS) is 11.4. The lowest BCUT2D eigenvalue weighted by molar-refractivity contribution is -0.137. The third-order valence-electron chi connectivity index (χ3n) is 5.36. The van der Waals surface area contributed by atoms with Gasteiger partial charge in [0.15, 0.2) is 0 Å². The number of aliphatic carboxylic acids is 1. The molecule has 3 aromatic rings. The molecule has 2 amide bonds. The zero-order chi connectivity index (χ0) is 25.9. The van der Waals surface area contributed by atoms with E-state index in [1.807, 2.05) is 12.1 Å². The molecule has 0 spiro atoms. The van der Waals surface area contributed by atoms with Gasteiger partial charge in [0.05, 0.1) is 12.2 Å². The lowest BCUT2D eigenvalue weighted by atomic mass is 10.1.